The van der Waals surface area contributed by atoms with E-state index in [1.165, 1.54) is 25.7 Å². The third kappa shape index (κ3) is 8.52. The molecule has 132 valence electrons. The van der Waals surface area contributed by atoms with Crippen LogP contribution in [-0.4, -0.2) is 35.4 Å². The summed E-state index contributed by atoms with van der Waals surface area (Å²) in [7, 11) is 1.78. The number of carboxylic acids is 1. The van der Waals surface area contributed by atoms with Crippen molar-refractivity contribution in [2.75, 3.05) is 11.9 Å². The number of anilines is 1. The number of aliphatic hydroxyl groups is 1. The average Bonchev–Trinajstić information content (AvgIpc) is 2.53. The summed E-state index contributed by atoms with van der Waals surface area (Å²) in [5, 5.41) is 19.3. The molecule has 0 radical (unpaired) electrons. The van der Waals surface area contributed by atoms with Crippen LogP contribution in [0.25, 0.3) is 0 Å². The maximum absolute atomic E-state index is 11.1. The predicted octanol–water partition coefficient (Wildman–Crippen LogP) is 0.976. The first-order chi connectivity index (χ1) is 11.0. The second-order valence-corrected chi connectivity index (χ2v) is 6.36. The molecule has 0 heterocycles. The molecule has 4 nitrogen and oxygen atoms in total. The van der Waals surface area contributed by atoms with E-state index in [-0.39, 0.29) is 37.1 Å². The Balaban J connectivity index is 0. The van der Waals surface area contributed by atoms with Gasteiger partial charge in [0.1, 0.15) is 6.04 Å². The fourth-order valence-electron chi connectivity index (χ4n) is 2.65. The van der Waals surface area contributed by atoms with Gasteiger partial charge in [-0.05, 0) is 37.5 Å². The Morgan fingerprint density at radius 1 is 1.25 bits per heavy atom. The van der Waals surface area contributed by atoms with Crippen LogP contribution in [0, 0.1) is 0 Å². The SMILES string of the molecule is CCCCCCCC(O)Cc1cccc(N(C)C(C)C(=O)O)c1.[H-].[Na+]. The van der Waals surface area contributed by atoms with Crippen LogP contribution in [0.3, 0.4) is 0 Å². The number of benzene rings is 1. The zero-order chi connectivity index (χ0) is 17.2. The van der Waals surface area contributed by atoms with Crippen molar-refractivity contribution >= 4 is 11.7 Å². The Bertz CT molecular complexity index is 487. The van der Waals surface area contributed by atoms with Crippen LogP contribution in [0.15, 0.2) is 24.3 Å². The zero-order valence-corrected chi connectivity index (χ0v) is 17.7. The zero-order valence-electron chi connectivity index (χ0n) is 16.7. The first-order valence-electron chi connectivity index (χ1n) is 8.68. The molecule has 2 unspecified atom stereocenters. The van der Waals surface area contributed by atoms with Gasteiger partial charge in [0.25, 0.3) is 0 Å². The molecule has 24 heavy (non-hydrogen) atoms. The number of hydrogen-bond acceptors (Lipinski definition) is 3. The molecule has 0 aromatic heterocycles. The van der Waals surface area contributed by atoms with E-state index in [9.17, 15) is 9.90 Å². The monoisotopic (exact) mass is 345 g/mol. The summed E-state index contributed by atoms with van der Waals surface area (Å²) in [6.45, 7) is 3.87. The van der Waals surface area contributed by atoms with Crippen molar-refractivity contribution in [2.24, 2.45) is 0 Å². The van der Waals surface area contributed by atoms with Crippen LogP contribution in [0.2, 0.25) is 0 Å². The molecule has 0 aliphatic heterocycles. The minimum Gasteiger partial charge on any atom is -1.00 e. The van der Waals surface area contributed by atoms with Crippen molar-refractivity contribution in [3.05, 3.63) is 29.8 Å². The van der Waals surface area contributed by atoms with Crippen LogP contribution in [-0.2, 0) is 11.2 Å². The Morgan fingerprint density at radius 3 is 2.54 bits per heavy atom. The van der Waals surface area contributed by atoms with E-state index in [0.717, 1.165) is 24.1 Å². The maximum Gasteiger partial charge on any atom is 1.00 e. The summed E-state index contributed by atoms with van der Waals surface area (Å²) in [6.07, 6.45) is 7.13. The van der Waals surface area contributed by atoms with Crippen molar-refractivity contribution in [3.8, 4) is 0 Å². The second-order valence-electron chi connectivity index (χ2n) is 6.36. The van der Waals surface area contributed by atoms with Crippen molar-refractivity contribution in [2.45, 2.75) is 70.9 Å². The van der Waals surface area contributed by atoms with Gasteiger partial charge in [0, 0.05) is 12.7 Å². The minimum absolute atomic E-state index is 0. The fraction of sp³-hybridized carbons (Fsp3) is 0.632. The van der Waals surface area contributed by atoms with Gasteiger partial charge in [0.15, 0.2) is 0 Å². The van der Waals surface area contributed by atoms with Gasteiger partial charge in [0.05, 0.1) is 6.10 Å². The normalized spacial score (nSPS) is 13.0. The second kappa shape index (κ2) is 12.8. The van der Waals surface area contributed by atoms with E-state index in [1.807, 2.05) is 24.3 Å². The number of carbonyl (C=O) groups is 1. The van der Waals surface area contributed by atoms with E-state index in [2.05, 4.69) is 6.92 Å². The molecule has 0 saturated heterocycles. The van der Waals surface area contributed by atoms with Gasteiger partial charge in [-0.25, -0.2) is 4.79 Å². The quantitative estimate of drug-likeness (QED) is 0.464. The van der Waals surface area contributed by atoms with Crippen LogP contribution < -0.4 is 34.5 Å². The van der Waals surface area contributed by atoms with Crippen LogP contribution in [0.1, 0.15) is 59.4 Å². The number of aliphatic hydroxyl groups excluding tert-OH is 1. The molecule has 2 atom stereocenters. The van der Waals surface area contributed by atoms with Crippen LogP contribution in [0.4, 0.5) is 5.69 Å². The van der Waals surface area contributed by atoms with Gasteiger partial charge in [-0.3, -0.25) is 0 Å². The van der Waals surface area contributed by atoms with Gasteiger partial charge < -0.3 is 16.5 Å². The third-order valence-corrected chi connectivity index (χ3v) is 4.37. The maximum atomic E-state index is 11.1. The van der Waals surface area contributed by atoms with Crippen molar-refractivity contribution in [3.63, 3.8) is 0 Å². The summed E-state index contributed by atoms with van der Waals surface area (Å²) in [5.74, 6) is -0.843. The number of unbranched alkanes of at least 4 members (excludes halogenated alkanes) is 4. The molecule has 0 saturated carbocycles. The van der Waals surface area contributed by atoms with Crippen molar-refractivity contribution < 1.29 is 46.0 Å². The largest absolute Gasteiger partial charge is 1.00 e. The Kier molecular flexibility index (Phi) is 12.5. The summed E-state index contributed by atoms with van der Waals surface area (Å²) >= 11 is 0. The molecule has 0 bridgehead atoms. The minimum atomic E-state index is -0.843. The molecule has 2 N–H and O–H groups in total. The summed E-state index contributed by atoms with van der Waals surface area (Å²) in [5.41, 5.74) is 1.92. The fourth-order valence-corrected chi connectivity index (χ4v) is 2.65. The average molecular weight is 345 g/mol. The number of likely N-dealkylation sites (N-methyl/N-ethyl adjacent to an activating group) is 1. The van der Waals surface area contributed by atoms with Crippen LogP contribution in [0.5, 0.6) is 0 Å². The van der Waals surface area contributed by atoms with Gasteiger partial charge in [-0.15, -0.1) is 0 Å². The molecule has 0 aliphatic carbocycles. The van der Waals surface area contributed by atoms with Gasteiger partial charge in [0.2, 0.25) is 0 Å². The van der Waals surface area contributed by atoms with E-state index in [0.29, 0.717) is 6.42 Å². The number of carboxylic acid groups (broad SMARTS) is 1. The first-order valence-corrected chi connectivity index (χ1v) is 8.68. The third-order valence-electron chi connectivity index (χ3n) is 4.37. The van der Waals surface area contributed by atoms with Crippen molar-refractivity contribution in [1.29, 1.82) is 0 Å². The summed E-state index contributed by atoms with van der Waals surface area (Å²) in [4.78, 5) is 12.8. The Labute approximate surface area is 170 Å². The van der Waals surface area contributed by atoms with Crippen molar-refractivity contribution in [1.82, 2.24) is 0 Å². The molecule has 0 aliphatic rings. The molecule has 5 heteroatoms. The standard InChI is InChI=1S/C19H31NO3.Na.H/c1-4-5-6-7-8-12-18(21)14-16-10-9-11-17(13-16)20(3)15(2)19(22)23;;/h9-11,13,15,18,21H,4-8,12,14H2,1-3H3,(H,22,23);;/q;+1;-1. The van der Waals surface area contributed by atoms with E-state index in [4.69, 9.17) is 5.11 Å². The summed E-state index contributed by atoms with van der Waals surface area (Å²) < 4.78 is 0. The molecular formula is C19H32NNaO3. The number of hydrogen-bond donors (Lipinski definition) is 2. The number of rotatable bonds is 11. The smallest absolute Gasteiger partial charge is 1.00 e. The van der Waals surface area contributed by atoms with Gasteiger partial charge >= 0.3 is 35.5 Å². The molecule has 1 aromatic carbocycles. The number of nitrogens with zero attached hydrogens (tertiary/aromatic N) is 1. The van der Waals surface area contributed by atoms with E-state index < -0.39 is 12.0 Å². The van der Waals surface area contributed by atoms with Gasteiger partial charge in [-0.1, -0.05) is 51.2 Å². The Hall–Kier alpha value is -0.550. The molecule has 1 rings (SSSR count). The van der Waals surface area contributed by atoms with Crippen LogP contribution >= 0.6 is 0 Å². The Morgan fingerprint density at radius 2 is 1.92 bits per heavy atom. The first kappa shape index (κ1) is 23.4. The number of aliphatic carboxylic acids is 1. The molecule has 0 amide bonds. The molecule has 0 spiro atoms. The van der Waals surface area contributed by atoms with Gasteiger partial charge in [-0.2, -0.15) is 0 Å². The summed E-state index contributed by atoms with van der Waals surface area (Å²) in [6, 6.07) is 7.21. The molecular weight excluding hydrogens is 313 g/mol. The van der Waals surface area contributed by atoms with E-state index >= 15 is 0 Å². The van der Waals surface area contributed by atoms with E-state index in [1.54, 1.807) is 18.9 Å². The molecule has 0 fully saturated rings. The molecule has 1 aromatic rings. The predicted molar refractivity (Wildman–Crippen MR) is 96.1 cm³/mol. The topological polar surface area (TPSA) is 60.8 Å².